The van der Waals surface area contributed by atoms with Crippen molar-refractivity contribution in [2.75, 3.05) is 39.9 Å². The second kappa shape index (κ2) is 26.5. The number of likely N-dealkylation sites (N-methyl/N-ethyl adjacent to an activating group) is 1. The summed E-state index contributed by atoms with van der Waals surface area (Å²) < 4.78 is 0. The van der Waals surface area contributed by atoms with Crippen molar-refractivity contribution >= 4 is 47.4 Å². The lowest BCUT2D eigenvalue weighted by molar-refractivity contribution is -0.135. The van der Waals surface area contributed by atoms with E-state index in [-0.39, 0.29) is 44.8 Å². The third kappa shape index (κ3) is 18.2. The van der Waals surface area contributed by atoms with Gasteiger partial charge in [-0.2, -0.15) is 0 Å². The summed E-state index contributed by atoms with van der Waals surface area (Å²) in [6, 6.07) is -0.456. The molecule has 15 N–H and O–H groups in total. The summed E-state index contributed by atoms with van der Waals surface area (Å²) in [7, 11) is 1.43. The summed E-state index contributed by atoms with van der Waals surface area (Å²) in [5, 5.41) is 46.8. The van der Waals surface area contributed by atoms with Crippen molar-refractivity contribution in [2.45, 2.75) is 95.7 Å². The van der Waals surface area contributed by atoms with E-state index in [2.05, 4.69) is 42.6 Å². The van der Waals surface area contributed by atoms with E-state index < -0.39 is 103 Å². The molecule has 1 aromatic rings. The van der Waals surface area contributed by atoms with Crippen molar-refractivity contribution in [3.8, 4) is 0 Å². The largest absolute Gasteiger partial charge is 0.394 e. The van der Waals surface area contributed by atoms with E-state index in [9.17, 15) is 48.6 Å². The molecule has 7 atom stereocenters. The SMILES string of the molecule is CNC(=O)[C@H](CC(C)C)NC(=O)[C@@H](Cc1ccccc1)NC(=O)[C@H](CCN)NC(=O)[C@H](CCNC(=O)[C@@H](N)[C@@H](C)O)NC(=O)[C@@H](CO)NC(=O)NN(CCO)C(C)=O. The van der Waals surface area contributed by atoms with Crippen molar-refractivity contribution < 1.29 is 53.7 Å². The van der Waals surface area contributed by atoms with Crippen molar-refractivity contribution in [1.82, 2.24) is 47.7 Å². The number of rotatable bonds is 24. The Morgan fingerprint density at radius 3 is 1.76 bits per heavy atom. The van der Waals surface area contributed by atoms with Gasteiger partial charge in [0.05, 0.1) is 25.9 Å². The molecule has 58 heavy (non-hydrogen) atoms. The van der Waals surface area contributed by atoms with Crippen LogP contribution in [-0.2, 0) is 40.0 Å². The van der Waals surface area contributed by atoms with Crippen LogP contribution in [0.1, 0.15) is 52.5 Å². The third-order valence-electron chi connectivity index (χ3n) is 8.52. The van der Waals surface area contributed by atoms with Gasteiger partial charge >= 0.3 is 6.03 Å². The number of amides is 9. The Morgan fingerprint density at radius 2 is 1.26 bits per heavy atom. The summed E-state index contributed by atoms with van der Waals surface area (Å²) in [5.41, 5.74) is 14.3. The molecule has 0 heterocycles. The van der Waals surface area contributed by atoms with Crippen LogP contribution in [-0.4, -0.2) is 150 Å². The summed E-state index contributed by atoms with van der Waals surface area (Å²) in [4.78, 5) is 104. The van der Waals surface area contributed by atoms with Gasteiger partial charge in [-0.15, -0.1) is 0 Å². The number of aliphatic hydroxyl groups is 3. The van der Waals surface area contributed by atoms with Gasteiger partial charge < -0.3 is 64.0 Å². The van der Waals surface area contributed by atoms with E-state index >= 15 is 0 Å². The minimum Gasteiger partial charge on any atom is -0.394 e. The van der Waals surface area contributed by atoms with Crippen LogP contribution < -0.4 is 54.1 Å². The highest BCUT2D eigenvalue weighted by molar-refractivity contribution is 5.96. The van der Waals surface area contributed by atoms with Crippen LogP contribution in [0.4, 0.5) is 4.79 Å². The minimum absolute atomic E-state index is 0.00409. The molecule has 0 saturated heterocycles. The van der Waals surface area contributed by atoms with Gasteiger partial charge in [-0.3, -0.25) is 38.6 Å². The van der Waals surface area contributed by atoms with E-state index in [1.54, 1.807) is 30.3 Å². The van der Waals surface area contributed by atoms with Gasteiger partial charge in [0, 0.05) is 26.9 Å². The molecule has 0 fully saturated rings. The fourth-order valence-electron chi connectivity index (χ4n) is 5.31. The molecular formula is C36H61N11O11. The van der Waals surface area contributed by atoms with E-state index in [0.717, 1.165) is 11.9 Å². The maximum Gasteiger partial charge on any atom is 0.334 e. The number of benzene rings is 1. The zero-order chi connectivity index (χ0) is 43.9. The zero-order valence-electron chi connectivity index (χ0n) is 33.6. The van der Waals surface area contributed by atoms with Crippen LogP contribution in [0.15, 0.2) is 30.3 Å². The number of hydrogen-bond acceptors (Lipinski definition) is 13. The first-order valence-electron chi connectivity index (χ1n) is 18.8. The van der Waals surface area contributed by atoms with E-state index in [1.807, 2.05) is 13.8 Å². The molecule has 0 radical (unpaired) electrons. The van der Waals surface area contributed by atoms with Crippen LogP contribution in [0.2, 0.25) is 0 Å². The number of carbonyl (C=O) groups excluding carboxylic acids is 8. The van der Waals surface area contributed by atoms with Gasteiger partial charge in [-0.1, -0.05) is 44.2 Å². The summed E-state index contributed by atoms with van der Waals surface area (Å²) in [6.45, 7) is 3.98. The second-order valence-corrected chi connectivity index (χ2v) is 13.8. The lowest BCUT2D eigenvalue weighted by atomic mass is 10.0. The average Bonchev–Trinajstić information content (AvgIpc) is 3.17. The molecular weight excluding hydrogens is 762 g/mol. The molecule has 22 heteroatoms. The Labute approximate surface area is 337 Å². The Bertz CT molecular complexity index is 1520. The first kappa shape index (κ1) is 50.6. The van der Waals surface area contributed by atoms with Crippen molar-refractivity contribution in [3.05, 3.63) is 35.9 Å². The number of nitrogens with one attached hydrogen (secondary N) is 8. The van der Waals surface area contributed by atoms with Gasteiger partial charge in [0.2, 0.25) is 41.4 Å². The van der Waals surface area contributed by atoms with Crippen molar-refractivity contribution in [1.29, 1.82) is 0 Å². The van der Waals surface area contributed by atoms with E-state index in [1.165, 1.54) is 14.0 Å². The smallest absolute Gasteiger partial charge is 0.334 e. The Kier molecular flexibility index (Phi) is 23.1. The number of nitrogens with two attached hydrogens (primary N) is 2. The number of urea groups is 1. The molecule has 326 valence electrons. The van der Waals surface area contributed by atoms with Crippen LogP contribution >= 0.6 is 0 Å². The third-order valence-corrected chi connectivity index (χ3v) is 8.52. The zero-order valence-corrected chi connectivity index (χ0v) is 33.6. The molecule has 0 aliphatic rings. The van der Waals surface area contributed by atoms with Gasteiger partial charge in [0.25, 0.3) is 0 Å². The molecule has 0 unspecified atom stereocenters. The quantitative estimate of drug-likeness (QED) is 0.0435. The lowest BCUT2D eigenvalue weighted by Gasteiger charge is -2.27. The highest BCUT2D eigenvalue weighted by Gasteiger charge is 2.33. The monoisotopic (exact) mass is 823 g/mol. The topological polar surface area (TPSA) is 349 Å². The molecule has 0 aliphatic carbocycles. The molecule has 0 spiro atoms. The highest BCUT2D eigenvalue weighted by Crippen LogP contribution is 2.09. The standard InChI is InChI=1S/C36H61N11O11/c1-20(2)17-26(30(52)39-5)43-33(55)27(18-23-9-7-6-8-10-23)44-31(53)24(11-13-37)41-32(54)25(12-14-40-35(57)29(38)21(3)50)42-34(56)28(19-49)45-36(58)46-47(15-16-48)22(4)51/h6-10,20-21,24-29,48-50H,11-19,37-38H2,1-5H3,(H,39,52)(H,40,57)(H,41,54)(H,42,56)(H,43,55)(H,44,53)(H2,45,46,58)/t21-,24+,25+,26+,27-,28-,29+/m1/s1. The number of hydrazine groups is 1. The van der Waals surface area contributed by atoms with Crippen molar-refractivity contribution in [2.24, 2.45) is 17.4 Å². The van der Waals surface area contributed by atoms with Gasteiger partial charge in [0.1, 0.15) is 36.3 Å². The summed E-state index contributed by atoms with van der Waals surface area (Å²) >= 11 is 0. The first-order valence-corrected chi connectivity index (χ1v) is 18.8. The average molecular weight is 824 g/mol. The maximum absolute atomic E-state index is 13.8. The molecule has 1 rings (SSSR count). The molecule has 0 saturated carbocycles. The second-order valence-electron chi connectivity index (χ2n) is 13.8. The number of aliphatic hydroxyl groups excluding tert-OH is 3. The van der Waals surface area contributed by atoms with Crippen LogP contribution in [0, 0.1) is 5.92 Å². The Hall–Kier alpha value is -5.42. The summed E-state index contributed by atoms with van der Waals surface area (Å²) in [6.07, 6.45) is -1.38. The highest BCUT2D eigenvalue weighted by atomic mass is 16.3. The molecule has 22 nitrogen and oxygen atoms in total. The van der Waals surface area contributed by atoms with Crippen molar-refractivity contribution in [3.63, 3.8) is 0 Å². The normalized spacial score (nSPS) is 14.5. The van der Waals surface area contributed by atoms with Crippen LogP contribution in [0.5, 0.6) is 0 Å². The molecule has 0 aromatic heterocycles. The van der Waals surface area contributed by atoms with Gasteiger partial charge in [-0.25, -0.2) is 10.2 Å². The lowest BCUT2D eigenvalue weighted by Crippen LogP contribution is -2.61. The molecule has 0 bridgehead atoms. The molecule has 9 amide bonds. The number of carbonyl (C=O) groups is 8. The van der Waals surface area contributed by atoms with Gasteiger partial charge in [0.15, 0.2) is 0 Å². The maximum atomic E-state index is 13.8. The number of hydrogen-bond donors (Lipinski definition) is 13. The van der Waals surface area contributed by atoms with Crippen LogP contribution in [0.3, 0.4) is 0 Å². The van der Waals surface area contributed by atoms with Gasteiger partial charge in [-0.05, 0) is 44.2 Å². The Morgan fingerprint density at radius 1 is 0.724 bits per heavy atom. The Balaban J connectivity index is 3.37. The predicted octanol–water partition coefficient (Wildman–Crippen LogP) is -5.06. The van der Waals surface area contributed by atoms with Crippen LogP contribution in [0.25, 0.3) is 0 Å². The molecule has 0 aliphatic heterocycles. The molecule has 1 aromatic carbocycles. The first-order chi connectivity index (χ1) is 27.4. The predicted molar refractivity (Wildman–Crippen MR) is 209 cm³/mol. The fraction of sp³-hybridized carbons (Fsp3) is 0.611. The van der Waals surface area contributed by atoms with E-state index in [4.69, 9.17) is 16.6 Å². The fourth-order valence-corrected chi connectivity index (χ4v) is 5.31. The number of nitrogens with zero attached hydrogens (tertiary/aromatic N) is 1. The van der Waals surface area contributed by atoms with E-state index in [0.29, 0.717) is 12.0 Å². The minimum atomic E-state index is -1.69. The summed E-state index contributed by atoms with van der Waals surface area (Å²) in [5.74, 6) is -5.39.